The molecular weight excluding hydrogens is 274 g/mol. The summed E-state index contributed by atoms with van der Waals surface area (Å²) in [6.45, 7) is 0. The summed E-state index contributed by atoms with van der Waals surface area (Å²) in [5, 5.41) is 15.2. The number of hydrogen-bond acceptors (Lipinski definition) is 3. The van der Waals surface area contributed by atoms with Crippen molar-refractivity contribution in [1.29, 1.82) is 0 Å². The predicted octanol–water partition coefficient (Wildman–Crippen LogP) is 4.87. The molecule has 1 heterocycles. The van der Waals surface area contributed by atoms with Crippen LogP contribution in [0.5, 0.6) is 5.75 Å². The van der Waals surface area contributed by atoms with Crippen molar-refractivity contribution in [3.8, 4) is 28.1 Å². The zero-order valence-electron chi connectivity index (χ0n) is 11.7. The summed E-state index contributed by atoms with van der Waals surface area (Å²) >= 11 is 0. The van der Waals surface area contributed by atoms with Gasteiger partial charge in [-0.1, -0.05) is 53.7 Å². The average Bonchev–Trinajstić information content (AvgIpc) is 3.00. The Morgan fingerprint density at radius 3 is 2.41 bits per heavy atom. The van der Waals surface area contributed by atoms with Gasteiger partial charge in [0.15, 0.2) is 5.58 Å². The Labute approximate surface area is 127 Å². The van der Waals surface area contributed by atoms with Gasteiger partial charge in [-0.3, -0.25) is 0 Å². The topological polar surface area (TPSA) is 46.3 Å². The second-order valence-electron chi connectivity index (χ2n) is 5.13. The third-order valence-electron chi connectivity index (χ3n) is 3.74. The lowest BCUT2D eigenvalue weighted by Crippen LogP contribution is -1.83. The number of rotatable bonds is 2. The van der Waals surface area contributed by atoms with Crippen LogP contribution in [0.25, 0.3) is 33.4 Å². The van der Waals surface area contributed by atoms with Crippen LogP contribution in [0, 0.1) is 0 Å². The first kappa shape index (κ1) is 12.7. The third kappa shape index (κ3) is 2.04. The largest absolute Gasteiger partial charge is 0.507 e. The molecule has 0 saturated heterocycles. The molecule has 0 aliphatic heterocycles. The number of nitrogens with zero attached hydrogens (tertiary/aromatic N) is 1. The van der Waals surface area contributed by atoms with E-state index in [9.17, 15) is 5.11 Å². The SMILES string of the molecule is Oc1ccc(-c2ccccc2)cc1-c1noc2ccccc12. The average molecular weight is 287 g/mol. The van der Waals surface area contributed by atoms with Gasteiger partial charge in [-0.2, -0.15) is 0 Å². The monoisotopic (exact) mass is 287 g/mol. The van der Waals surface area contributed by atoms with Crippen molar-refractivity contribution in [2.24, 2.45) is 0 Å². The van der Waals surface area contributed by atoms with E-state index in [2.05, 4.69) is 5.16 Å². The minimum atomic E-state index is 0.193. The maximum absolute atomic E-state index is 10.2. The summed E-state index contributed by atoms with van der Waals surface area (Å²) < 4.78 is 5.34. The third-order valence-corrected chi connectivity index (χ3v) is 3.74. The van der Waals surface area contributed by atoms with Crippen LogP contribution in [-0.2, 0) is 0 Å². The van der Waals surface area contributed by atoms with E-state index in [1.54, 1.807) is 6.07 Å². The highest BCUT2D eigenvalue weighted by Crippen LogP contribution is 2.36. The van der Waals surface area contributed by atoms with Gasteiger partial charge in [0.05, 0.1) is 0 Å². The molecule has 4 rings (SSSR count). The zero-order chi connectivity index (χ0) is 14.9. The Morgan fingerprint density at radius 1 is 0.773 bits per heavy atom. The first-order valence-corrected chi connectivity index (χ1v) is 7.06. The fraction of sp³-hybridized carbons (Fsp3) is 0. The predicted molar refractivity (Wildman–Crippen MR) is 86.5 cm³/mol. The molecule has 0 aliphatic carbocycles. The molecule has 22 heavy (non-hydrogen) atoms. The van der Waals surface area contributed by atoms with E-state index in [1.807, 2.05) is 66.7 Å². The Balaban J connectivity index is 1.92. The lowest BCUT2D eigenvalue weighted by atomic mass is 9.99. The van der Waals surface area contributed by atoms with E-state index in [-0.39, 0.29) is 5.75 Å². The fourth-order valence-corrected chi connectivity index (χ4v) is 2.62. The van der Waals surface area contributed by atoms with E-state index in [0.29, 0.717) is 16.8 Å². The normalized spacial score (nSPS) is 10.9. The van der Waals surface area contributed by atoms with Crippen LogP contribution >= 0.6 is 0 Å². The molecule has 3 aromatic carbocycles. The van der Waals surface area contributed by atoms with Crippen LogP contribution in [0.2, 0.25) is 0 Å². The van der Waals surface area contributed by atoms with Gasteiger partial charge in [0.2, 0.25) is 0 Å². The summed E-state index contributed by atoms with van der Waals surface area (Å²) in [5.74, 6) is 0.193. The first-order chi connectivity index (χ1) is 10.8. The molecule has 4 aromatic rings. The molecule has 0 atom stereocenters. The highest BCUT2D eigenvalue weighted by atomic mass is 16.5. The van der Waals surface area contributed by atoms with Gasteiger partial charge < -0.3 is 9.63 Å². The van der Waals surface area contributed by atoms with Crippen LogP contribution in [0.1, 0.15) is 0 Å². The molecule has 0 radical (unpaired) electrons. The quantitative estimate of drug-likeness (QED) is 0.572. The second kappa shape index (κ2) is 5.04. The van der Waals surface area contributed by atoms with Crippen molar-refractivity contribution < 1.29 is 9.63 Å². The Bertz CT molecular complexity index is 942. The van der Waals surface area contributed by atoms with Gasteiger partial charge in [0, 0.05) is 10.9 Å². The van der Waals surface area contributed by atoms with Crippen molar-refractivity contribution in [1.82, 2.24) is 5.16 Å². The standard InChI is InChI=1S/C19H13NO2/c21-17-11-10-14(13-6-2-1-3-7-13)12-16(17)19-15-8-4-5-9-18(15)22-20-19/h1-12,21H. The summed E-state index contributed by atoms with van der Waals surface area (Å²) in [5.41, 5.74) is 4.16. The maximum Gasteiger partial charge on any atom is 0.167 e. The lowest BCUT2D eigenvalue weighted by Gasteiger charge is -2.06. The smallest absolute Gasteiger partial charge is 0.167 e. The van der Waals surface area contributed by atoms with Gasteiger partial charge in [-0.25, -0.2) is 0 Å². The van der Waals surface area contributed by atoms with Crippen molar-refractivity contribution in [2.75, 3.05) is 0 Å². The molecule has 0 bridgehead atoms. The fourth-order valence-electron chi connectivity index (χ4n) is 2.62. The minimum Gasteiger partial charge on any atom is -0.507 e. The minimum absolute atomic E-state index is 0.193. The van der Waals surface area contributed by atoms with Crippen LogP contribution < -0.4 is 0 Å². The molecule has 0 spiro atoms. The molecule has 3 heteroatoms. The van der Waals surface area contributed by atoms with Crippen LogP contribution in [-0.4, -0.2) is 10.3 Å². The number of para-hydroxylation sites is 1. The number of phenols is 1. The highest BCUT2D eigenvalue weighted by Gasteiger charge is 2.14. The lowest BCUT2D eigenvalue weighted by molar-refractivity contribution is 0.455. The summed E-state index contributed by atoms with van der Waals surface area (Å²) in [7, 11) is 0. The Kier molecular flexibility index (Phi) is 2.90. The van der Waals surface area contributed by atoms with Crippen molar-refractivity contribution in [3.05, 3.63) is 72.8 Å². The Morgan fingerprint density at radius 2 is 1.55 bits per heavy atom. The highest BCUT2D eigenvalue weighted by molar-refractivity contribution is 5.94. The summed E-state index contributed by atoms with van der Waals surface area (Å²) in [6, 6.07) is 23.2. The second-order valence-corrected chi connectivity index (χ2v) is 5.13. The Hall–Kier alpha value is -3.07. The molecular formula is C19H13NO2. The van der Waals surface area contributed by atoms with Crippen LogP contribution in [0.3, 0.4) is 0 Å². The number of fused-ring (bicyclic) bond motifs is 1. The summed E-state index contributed by atoms with van der Waals surface area (Å²) in [4.78, 5) is 0. The molecule has 0 amide bonds. The zero-order valence-corrected chi connectivity index (χ0v) is 11.7. The van der Waals surface area contributed by atoms with Gasteiger partial charge in [0.25, 0.3) is 0 Å². The number of aromatic hydroxyl groups is 1. The first-order valence-electron chi connectivity index (χ1n) is 7.06. The number of phenolic OH excluding ortho intramolecular Hbond substituents is 1. The maximum atomic E-state index is 10.2. The van der Waals surface area contributed by atoms with Crippen molar-refractivity contribution in [3.63, 3.8) is 0 Å². The molecule has 0 unspecified atom stereocenters. The van der Waals surface area contributed by atoms with Crippen molar-refractivity contribution >= 4 is 11.0 Å². The van der Waals surface area contributed by atoms with Crippen molar-refractivity contribution in [2.45, 2.75) is 0 Å². The number of aromatic nitrogens is 1. The van der Waals surface area contributed by atoms with Gasteiger partial charge in [-0.15, -0.1) is 0 Å². The van der Waals surface area contributed by atoms with E-state index in [4.69, 9.17) is 4.52 Å². The van der Waals surface area contributed by atoms with E-state index < -0.39 is 0 Å². The summed E-state index contributed by atoms with van der Waals surface area (Å²) in [6.07, 6.45) is 0. The van der Waals surface area contributed by atoms with Gasteiger partial charge >= 0.3 is 0 Å². The molecule has 1 aromatic heterocycles. The van der Waals surface area contributed by atoms with Gasteiger partial charge in [0.1, 0.15) is 11.4 Å². The molecule has 0 saturated carbocycles. The van der Waals surface area contributed by atoms with E-state index in [1.165, 1.54) is 0 Å². The number of hydrogen-bond donors (Lipinski definition) is 1. The molecule has 1 N–H and O–H groups in total. The number of benzene rings is 3. The molecule has 0 fully saturated rings. The molecule has 3 nitrogen and oxygen atoms in total. The van der Waals surface area contributed by atoms with E-state index >= 15 is 0 Å². The van der Waals surface area contributed by atoms with Crippen LogP contribution in [0.15, 0.2) is 77.3 Å². The molecule has 106 valence electrons. The van der Waals surface area contributed by atoms with E-state index in [0.717, 1.165) is 16.5 Å². The van der Waals surface area contributed by atoms with Gasteiger partial charge in [-0.05, 0) is 35.4 Å². The molecule has 0 aliphatic rings. The van der Waals surface area contributed by atoms with Crippen LogP contribution in [0.4, 0.5) is 0 Å².